The number of thiophene rings is 1. The second kappa shape index (κ2) is 3.94. The molecule has 1 amide bonds. The minimum absolute atomic E-state index is 0.0106. The molecule has 15 heavy (non-hydrogen) atoms. The van der Waals surface area contributed by atoms with Gasteiger partial charge >= 0.3 is 0 Å². The molecular formula is C11H16N2OS. The zero-order valence-electron chi connectivity index (χ0n) is 9.04. The first-order valence-electron chi connectivity index (χ1n) is 5.27. The molecule has 1 aromatic heterocycles. The van der Waals surface area contributed by atoms with Gasteiger partial charge in [0.1, 0.15) is 0 Å². The van der Waals surface area contributed by atoms with Gasteiger partial charge < -0.3 is 11.1 Å². The normalized spacial score (nSPS) is 21.1. The summed E-state index contributed by atoms with van der Waals surface area (Å²) in [6.45, 7) is 4.30. The van der Waals surface area contributed by atoms with Crippen LogP contribution in [0.3, 0.4) is 0 Å². The summed E-state index contributed by atoms with van der Waals surface area (Å²) in [6.07, 6.45) is 1.27. The summed E-state index contributed by atoms with van der Waals surface area (Å²) in [5.74, 6) is 0.573. The smallest absolute Gasteiger partial charge is 0.224 e. The molecule has 1 aromatic rings. The van der Waals surface area contributed by atoms with E-state index in [1.54, 1.807) is 11.3 Å². The molecule has 0 fully saturated rings. The van der Waals surface area contributed by atoms with Gasteiger partial charge in [-0.25, -0.2) is 0 Å². The molecule has 1 unspecified atom stereocenters. The van der Waals surface area contributed by atoms with Crippen molar-refractivity contribution in [3.05, 3.63) is 15.8 Å². The van der Waals surface area contributed by atoms with Gasteiger partial charge in [-0.1, -0.05) is 13.8 Å². The number of nitrogens with two attached hydrogens (primary N) is 1. The fourth-order valence-electron chi connectivity index (χ4n) is 1.71. The first-order chi connectivity index (χ1) is 7.08. The predicted octanol–water partition coefficient (Wildman–Crippen LogP) is 2.60. The van der Waals surface area contributed by atoms with Gasteiger partial charge in [-0.3, -0.25) is 4.79 Å². The van der Waals surface area contributed by atoms with Gasteiger partial charge in [0, 0.05) is 22.2 Å². The van der Waals surface area contributed by atoms with Crippen molar-refractivity contribution in [2.24, 2.45) is 5.73 Å². The van der Waals surface area contributed by atoms with E-state index in [0.717, 1.165) is 17.0 Å². The molecule has 2 heterocycles. The second-order valence-electron chi connectivity index (χ2n) is 4.27. The van der Waals surface area contributed by atoms with Gasteiger partial charge in [-0.05, 0) is 18.4 Å². The van der Waals surface area contributed by atoms with Crippen molar-refractivity contribution in [2.75, 3.05) is 5.32 Å². The molecule has 3 nitrogen and oxygen atoms in total. The van der Waals surface area contributed by atoms with E-state index in [2.05, 4.69) is 25.2 Å². The molecule has 82 valence electrons. The highest BCUT2D eigenvalue weighted by Crippen LogP contribution is 2.38. The average molecular weight is 224 g/mol. The number of anilines is 1. The number of fused-ring (bicyclic) bond motifs is 1. The van der Waals surface area contributed by atoms with Crippen LogP contribution in [0.15, 0.2) is 6.07 Å². The lowest BCUT2D eigenvalue weighted by atomic mass is 10.1. The van der Waals surface area contributed by atoms with E-state index in [1.165, 1.54) is 4.88 Å². The van der Waals surface area contributed by atoms with Crippen molar-refractivity contribution in [1.29, 1.82) is 0 Å². The van der Waals surface area contributed by atoms with Crippen molar-refractivity contribution in [3.63, 3.8) is 0 Å². The van der Waals surface area contributed by atoms with Gasteiger partial charge in [0.05, 0.1) is 5.69 Å². The van der Waals surface area contributed by atoms with Crippen LogP contribution in [0.1, 0.15) is 48.4 Å². The number of amides is 1. The third kappa shape index (κ3) is 2.06. The summed E-state index contributed by atoms with van der Waals surface area (Å²) in [7, 11) is 0. The molecule has 0 radical (unpaired) electrons. The van der Waals surface area contributed by atoms with Crippen LogP contribution in [-0.2, 0) is 4.79 Å². The van der Waals surface area contributed by atoms with Crippen LogP contribution in [0, 0.1) is 0 Å². The molecule has 0 aromatic carbocycles. The number of hydrogen-bond donors (Lipinski definition) is 2. The molecule has 4 heteroatoms. The Balaban J connectivity index is 2.39. The van der Waals surface area contributed by atoms with Gasteiger partial charge in [-0.2, -0.15) is 0 Å². The number of hydrogen-bond acceptors (Lipinski definition) is 3. The maximum absolute atomic E-state index is 11.4. The van der Waals surface area contributed by atoms with E-state index in [9.17, 15) is 4.79 Å². The lowest BCUT2D eigenvalue weighted by Gasteiger charge is -2.05. The summed E-state index contributed by atoms with van der Waals surface area (Å²) in [5.41, 5.74) is 6.97. The van der Waals surface area contributed by atoms with Crippen LogP contribution in [0.25, 0.3) is 0 Å². The van der Waals surface area contributed by atoms with Gasteiger partial charge in [-0.15, -0.1) is 11.3 Å². The van der Waals surface area contributed by atoms with E-state index in [0.29, 0.717) is 12.3 Å². The molecule has 0 aliphatic carbocycles. The van der Waals surface area contributed by atoms with Crippen molar-refractivity contribution in [3.8, 4) is 0 Å². The highest BCUT2D eigenvalue weighted by atomic mass is 32.1. The molecule has 1 aliphatic rings. The van der Waals surface area contributed by atoms with Crippen LogP contribution >= 0.6 is 11.3 Å². The summed E-state index contributed by atoms with van der Waals surface area (Å²) in [6, 6.07) is 2.07. The largest absolute Gasteiger partial charge is 0.325 e. The number of nitrogens with one attached hydrogen (secondary N) is 1. The highest BCUT2D eigenvalue weighted by molar-refractivity contribution is 7.12. The van der Waals surface area contributed by atoms with Crippen LogP contribution in [0.4, 0.5) is 5.69 Å². The van der Waals surface area contributed by atoms with E-state index >= 15 is 0 Å². The van der Waals surface area contributed by atoms with Crippen molar-refractivity contribution >= 4 is 22.9 Å². The predicted molar refractivity (Wildman–Crippen MR) is 63.2 cm³/mol. The van der Waals surface area contributed by atoms with Gasteiger partial charge in [0.25, 0.3) is 0 Å². The SMILES string of the molecule is CC(C)c1cc2c(s1)C(N)CCC(=O)N2. The Hall–Kier alpha value is -0.870. The maximum Gasteiger partial charge on any atom is 0.224 e. The van der Waals surface area contributed by atoms with Crippen LogP contribution in [-0.4, -0.2) is 5.91 Å². The zero-order valence-corrected chi connectivity index (χ0v) is 9.86. The molecule has 1 atom stereocenters. The molecule has 0 bridgehead atoms. The monoisotopic (exact) mass is 224 g/mol. The molecule has 0 spiro atoms. The van der Waals surface area contributed by atoms with E-state index in [-0.39, 0.29) is 11.9 Å². The molecule has 3 N–H and O–H groups in total. The minimum Gasteiger partial charge on any atom is -0.325 e. The highest BCUT2D eigenvalue weighted by Gasteiger charge is 2.22. The summed E-state index contributed by atoms with van der Waals surface area (Å²) < 4.78 is 0. The third-order valence-electron chi connectivity index (χ3n) is 2.64. The molecule has 0 saturated carbocycles. The van der Waals surface area contributed by atoms with E-state index in [1.807, 2.05) is 0 Å². The summed E-state index contributed by atoms with van der Waals surface area (Å²) >= 11 is 1.73. The molecule has 1 aliphatic heterocycles. The Labute approximate surface area is 93.7 Å². The van der Waals surface area contributed by atoms with Crippen LogP contribution < -0.4 is 11.1 Å². The molecule has 0 saturated heterocycles. The Kier molecular flexibility index (Phi) is 2.80. The van der Waals surface area contributed by atoms with Crippen molar-refractivity contribution in [2.45, 2.75) is 38.6 Å². The summed E-state index contributed by atoms with van der Waals surface area (Å²) in [4.78, 5) is 13.8. The first kappa shape index (κ1) is 10.6. The second-order valence-corrected chi connectivity index (χ2v) is 5.39. The number of carbonyl (C=O) groups is 1. The average Bonchev–Trinajstić information content (AvgIpc) is 2.53. The van der Waals surface area contributed by atoms with E-state index in [4.69, 9.17) is 5.73 Å². The lowest BCUT2D eigenvalue weighted by Crippen LogP contribution is -2.09. The fourth-order valence-corrected chi connectivity index (χ4v) is 2.87. The van der Waals surface area contributed by atoms with Crippen LogP contribution in [0.2, 0.25) is 0 Å². The van der Waals surface area contributed by atoms with Crippen LogP contribution in [0.5, 0.6) is 0 Å². The first-order valence-corrected chi connectivity index (χ1v) is 6.08. The quantitative estimate of drug-likeness (QED) is 0.770. The minimum atomic E-state index is 0.0106. The molecular weight excluding hydrogens is 208 g/mol. The maximum atomic E-state index is 11.4. The van der Waals surface area contributed by atoms with Gasteiger partial charge in [0.15, 0.2) is 0 Å². The standard InChI is InChI=1S/C11H16N2OS/c1-6(2)9-5-8-11(15-9)7(12)3-4-10(14)13-8/h5-7H,3-4,12H2,1-2H3,(H,13,14). The Morgan fingerprint density at radius 2 is 2.33 bits per heavy atom. The number of carbonyl (C=O) groups excluding carboxylic acids is 1. The topological polar surface area (TPSA) is 55.1 Å². The van der Waals surface area contributed by atoms with Gasteiger partial charge in [0.2, 0.25) is 5.91 Å². The van der Waals surface area contributed by atoms with Crippen molar-refractivity contribution < 1.29 is 4.79 Å². The molecule has 2 rings (SSSR count). The summed E-state index contributed by atoms with van der Waals surface area (Å²) in [5, 5.41) is 2.92. The zero-order chi connectivity index (χ0) is 11.0. The Morgan fingerprint density at radius 3 is 3.00 bits per heavy atom. The lowest BCUT2D eigenvalue weighted by molar-refractivity contribution is -0.116. The Morgan fingerprint density at radius 1 is 1.60 bits per heavy atom. The third-order valence-corrected chi connectivity index (χ3v) is 4.21. The fraction of sp³-hybridized carbons (Fsp3) is 0.545. The van der Waals surface area contributed by atoms with Crippen molar-refractivity contribution in [1.82, 2.24) is 0 Å². The number of rotatable bonds is 1. The van der Waals surface area contributed by atoms with E-state index < -0.39 is 0 Å². The Bertz CT molecular complexity index is 384.